The Hall–Kier alpha value is 0.250. The van der Waals surface area contributed by atoms with Crippen LogP contribution in [0.15, 0.2) is 0 Å². The van der Waals surface area contributed by atoms with Crippen LogP contribution in [0.4, 0.5) is 0 Å². The Morgan fingerprint density at radius 3 is 1.85 bits per heavy atom. The van der Waals surface area contributed by atoms with Gasteiger partial charge >= 0.3 is 0 Å². The maximum absolute atomic E-state index is 11.3. The Balaban J connectivity index is 2.69. The van der Waals surface area contributed by atoms with Gasteiger partial charge in [0, 0.05) is 0 Å². The lowest BCUT2D eigenvalue weighted by molar-refractivity contribution is -0.120. The van der Waals surface area contributed by atoms with Crippen molar-refractivity contribution in [3.63, 3.8) is 0 Å². The van der Waals surface area contributed by atoms with E-state index in [9.17, 15) is 4.79 Å². The summed E-state index contributed by atoms with van der Waals surface area (Å²) in [5.41, 5.74) is 0.195. The van der Waals surface area contributed by atoms with E-state index in [1.807, 2.05) is 0 Å². The average Bonchev–Trinajstić information content (AvgIpc) is 1.97. The van der Waals surface area contributed by atoms with Crippen LogP contribution >= 0.6 is 23.2 Å². The zero-order valence-electron chi connectivity index (χ0n) is 8.31. The number of hydrogen-bond acceptors (Lipinski definition) is 1. The quantitative estimate of drug-likeness (QED) is 0.576. The molecule has 1 nitrogen and oxygen atoms in total. The first kappa shape index (κ1) is 11.3. The van der Waals surface area contributed by atoms with E-state index < -0.39 is 0 Å². The lowest BCUT2D eigenvalue weighted by Crippen LogP contribution is -2.39. The van der Waals surface area contributed by atoms with Gasteiger partial charge in [-0.15, -0.1) is 23.2 Å². The molecule has 1 fully saturated rings. The minimum absolute atomic E-state index is 0.00355. The van der Waals surface area contributed by atoms with Crippen molar-refractivity contribution < 1.29 is 4.79 Å². The molecule has 0 bridgehead atoms. The highest BCUT2D eigenvalue weighted by Gasteiger charge is 2.38. The van der Waals surface area contributed by atoms with E-state index in [0.29, 0.717) is 5.92 Å². The number of rotatable bonds is 0. The zero-order valence-corrected chi connectivity index (χ0v) is 9.82. The summed E-state index contributed by atoms with van der Waals surface area (Å²) in [6.07, 6.45) is 1.54. The summed E-state index contributed by atoms with van der Waals surface area (Å²) < 4.78 is 0. The van der Waals surface area contributed by atoms with Crippen molar-refractivity contribution in [1.82, 2.24) is 0 Å². The van der Waals surface area contributed by atoms with Crippen LogP contribution in [0.25, 0.3) is 0 Å². The van der Waals surface area contributed by atoms with Crippen molar-refractivity contribution in [3.05, 3.63) is 0 Å². The minimum Gasteiger partial charge on any atom is -0.296 e. The van der Waals surface area contributed by atoms with E-state index in [4.69, 9.17) is 23.2 Å². The molecule has 3 heteroatoms. The number of alkyl halides is 2. The molecule has 1 aliphatic rings. The Morgan fingerprint density at radius 2 is 1.54 bits per heavy atom. The van der Waals surface area contributed by atoms with Gasteiger partial charge in [-0.1, -0.05) is 20.8 Å². The van der Waals surface area contributed by atoms with Crippen LogP contribution in [0.1, 0.15) is 33.6 Å². The van der Waals surface area contributed by atoms with Gasteiger partial charge in [0.1, 0.15) is 0 Å². The molecule has 0 unspecified atom stereocenters. The van der Waals surface area contributed by atoms with E-state index in [1.54, 1.807) is 0 Å². The van der Waals surface area contributed by atoms with E-state index >= 15 is 0 Å². The number of Topliss-reactive ketones (excluding diaryl/α,β-unsaturated/α-hetero) is 1. The third-order valence-corrected chi connectivity index (χ3v) is 3.61. The summed E-state index contributed by atoms with van der Waals surface area (Å²) in [5, 5.41) is -0.749. The first-order valence-corrected chi connectivity index (χ1v) is 5.51. The fourth-order valence-corrected chi connectivity index (χ4v) is 2.53. The first-order chi connectivity index (χ1) is 5.82. The number of carbonyl (C=O) groups excluding carboxylic acids is 1. The molecule has 76 valence electrons. The molecule has 2 atom stereocenters. The summed E-state index contributed by atoms with van der Waals surface area (Å²) in [6, 6.07) is 0. The fraction of sp³-hybridized carbons (Fsp3) is 0.900. The Bertz CT molecular complexity index is 193. The summed E-state index contributed by atoms with van der Waals surface area (Å²) in [6.45, 7) is 6.50. The predicted octanol–water partition coefficient (Wildman–Crippen LogP) is 3.23. The van der Waals surface area contributed by atoms with Crippen LogP contribution in [-0.2, 0) is 4.79 Å². The Labute approximate surface area is 89.8 Å². The molecule has 0 aromatic heterocycles. The molecule has 13 heavy (non-hydrogen) atoms. The zero-order chi connectivity index (χ0) is 10.2. The lowest BCUT2D eigenvalue weighted by atomic mass is 9.72. The maximum Gasteiger partial charge on any atom is 0.168 e. The SMILES string of the molecule is CC(C)(C)C1C[C@H](Cl)C(=O)[C@@H](Cl)C1. The van der Waals surface area contributed by atoms with Crippen LogP contribution in [0.3, 0.4) is 0 Å². The lowest BCUT2D eigenvalue weighted by Gasteiger charge is -2.37. The van der Waals surface area contributed by atoms with Gasteiger partial charge in [0.15, 0.2) is 5.78 Å². The van der Waals surface area contributed by atoms with Crippen molar-refractivity contribution in [2.24, 2.45) is 11.3 Å². The number of hydrogen-bond donors (Lipinski definition) is 0. The van der Waals surface area contributed by atoms with Gasteiger partial charge in [-0.25, -0.2) is 0 Å². The molecule has 0 N–H and O–H groups in total. The average molecular weight is 223 g/mol. The molecule has 0 radical (unpaired) electrons. The first-order valence-electron chi connectivity index (χ1n) is 4.64. The van der Waals surface area contributed by atoms with Crippen molar-refractivity contribution in [1.29, 1.82) is 0 Å². The van der Waals surface area contributed by atoms with Crippen LogP contribution in [0, 0.1) is 11.3 Å². The summed E-state index contributed by atoms with van der Waals surface area (Å²) in [5.74, 6) is 0.457. The van der Waals surface area contributed by atoms with Crippen LogP contribution in [-0.4, -0.2) is 16.5 Å². The molecule has 1 rings (SSSR count). The Kier molecular flexibility index (Phi) is 3.29. The highest BCUT2D eigenvalue weighted by atomic mass is 35.5. The molecular formula is C10H16Cl2O. The van der Waals surface area contributed by atoms with Crippen LogP contribution in [0.5, 0.6) is 0 Å². The van der Waals surface area contributed by atoms with E-state index in [-0.39, 0.29) is 22.0 Å². The van der Waals surface area contributed by atoms with E-state index in [0.717, 1.165) is 12.8 Å². The standard InChI is InChI=1S/C10H16Cl2O/c1-10(2,3)6-4-7(11)9(13)8(12)5-6/h6-8H,4-5H2,1-3H3/t7-,8-/m0/s1. The monoisotopic (exact) mass is 222 g/mol. The molecular weight excluding hydrogens is 207 g/mol. The summed E-state index contributed by atoms with van der Waals surface area (Å²) >= 11 is 11.9. The summed E-state index contributed by atoms with van der Waals surface area (Å²) in [4.78, 5) is 11.3. The third-order valence-electron chi connectivity index (χ3n) is 2.83. The minimum atomic E-state index is -0.375. The second-order valence-electron chi connectivity index (χ2n) is 4.87. The van der Waals surface area contributed by atoms with Gasteiger partial charge in [0.25, 0.3) is 0 Å². The summed E-state index contributed by atoms with van der Waals surface area (Å²) in [7, 11) is 0. The van der Waals surface area contributed by atoms with Gasteiger partial charge in [-0.05, 0) is 24.2 Å². The van der Waals surface area contributed by atoms with Crippen molar-refractivity contribution >= 4 is 29.0 Å². The highest BCUT2D eigenvalue weighted by molar-refractivity contribution is 6.40. The molecule has 0 aliphatic heterocycles. The van der Waals surface area contributed by atoms with Crippen molar-refractivity contribution in [2.75, 3.05) is 0 Å². The van der Waals surface area contributed by atoms with Crippen LogP contribution < -0.4 is 0 Å². The van der Waals surface area contributed by atoms with Crippen molar-refractivity contribution in [2.45, 2.75) is 44.4 Å². The van der Waals surface area contributed by atoms with Crippen LogP contribution in [0.2, 0.25) is 0 Å². The molecule has 0 aromatic rings. The van der Waals surface area contributed by atoms with Crippen molar-refractivity contribution in [3.8, 4) is 0 Å². The molecule has 0 spiro atoms. The molecule has 0 saturated heterocycles. The predicted molar refractivity (Wildman–Crippen MR) is 56.5 cm³/mol. The normalized spacial score (nSPS) is 36.4. The largest absolute Gasteiger partial charge is 0.296 e. The van der Waals surface area contributed by atoms with Gasteiger partial charge in [-0.3, -0.25) is 4.79 Å². The molecule has 0 amide bonds. The maximum atomic E-state index is 11.3. The van der Waals surface area contributed by atoms with Gasteiger partial charge in [0.2, 0.25) is 0 Å². The van der Waals surface area contributed by atoms with E-state index in [1.165, 1.54) is 0 Å². The third kappa shape index (κ3) is 2.60. The number of carbonyl (C=O) groups is 1. The fourth-order valence-electron chi connectivity index (χ4n) is 1.73. The topological polar surface area (TPSA) is 17.1 Å². The van der Waals surface area contributed by atoms with Gasteiger partial charge in [-0.2, -0.15) is 0 Å². The second-order valence-corrected chi connectivity index (χ2v) is 5.93. The van der Waals surface area contributed by atoms with E-state index in [2.05, 4.69) is 20.8 Å². The second kappa shape index (κ2) is 3.78. The number of halogens is 2. The molecule has 0 heterocycles. The smallest absolute Gasteiger partial charge is 0.168 e. The molecule has 1 aliphatic carbocycles. The molecule has 1 saturated carbocycles. The van der Waals surface area contributed by atoms with Gasteiger partial charge < -0.3 is 0 Å². The Morgan fingerprint density at radius 1 is 1.15 bits per heavy atom. The molecule has 0 aromatic carbocycles. The number of ketones is 1. The highest BCUT2D eigenvalue weighted by Crippen LogP contribution is 2.39. The van der Waals surface area contributed by atoms with Gasteiger partial charge in [0.05, 0.1) is 10.8 Å².